The zero-order valence-electron chi connectivity index (χ0n) is 12.1. The van der Waals surface area contributed by atoms with E-state index in [1.165, 1.54) is 0 Å². The van der Waals surface area contributed by atoms with Gasteiger partial charge < -0.3 is 10.5 Å². The highest BCUT2D eigenvalue weighted by Gasteiger charge is 2.15. The van der Waals surface area contributed by atoms with Gasteiger partial charge in [-0.05, 0) is 36.2 Å². The first-order valence-corrected chi connectivity index (χ1v) is 6.52. The van der Waals surface area contributed by atoms with Gasteiger partial charge in [0.25, 0.3) is 0 Å². The van der Waals surface area contributed by atoms with E-state index in [-0.39, 0.29) is 12.3 Å². The molecule has 4 nitrogen and oxygen atoms in total. The van der Waals surface area contributed by atoms with E-state index in [1.54, 1.807) is 18.2 Å². The van der Waals surface area contributed by atoms with Gasteiger partial charge in [-0.2, -0.15) is 10.5 Å². The molecule has 0 amide bonds. The smallest absolute Gasteiger partial charge is 0.148 e. The number of nitrogens with zero attached hydrogens (tertiary/aromatic N) is 2. The molecule has 0 saturated carbocycles. The Morgan fingerprint density at radius 2 is 1.86 bits per heavy atom. The predicted molar refractivity (Wildman–Crippen MR) is 84.8 cm³/mol. The molecule has 4 heteroatoms. The van der Waals surface area contributed by atoms with Crippen molar-refractivity contribution in [2.75, 3.05) is 12.3 Å². The highest BCUT2D eigenvalue weighted by molar-refractivity contribution is 5.82. The Morgan fingerprint density at radius 3 is 2.41 bits per heavy atom. The molecule has 0 radical (unpaired) electrons. The van der Waals surface area contributed by atoms with Gasteiger partial charge in [0.05, 0.1) is 16.8 Å². The molecule has 2 N–H and O–H groups in total. The van der Waals surface area contributed by atoms with E-state index in [0.717, 1.165) is 16.7 Å². The average molecular weight is 287 g/mol. The summed E-state index contributed by atoms with van der Waals surface area (Å²) in [6.45, 7) is 2.05. The van der Waals surface area contributed by atoms with Crippen molar-refractivity contribution in [2.45, 2.75) is 6.92 Å². The molecule has 0 heterocycles. The van der Waals surface area contributed by atoms with E-state index < -0.39 is 0 Å². The fourth-order valence-corrected chi connectivity index (χ4v) is 2.26. The first-order chi connectivity index (χ1) is 10.6. The van der Waals surface area contributed by atoms with Crippen molar-refractivity contribution in [3.63, 3.8) is 0 Å². The lowest BCUT2D eigenvalue weighted by Crippen LogP contribution is -2.00. The molecule has 0 aliphatic carbocycles. The summed E-state index contributed by atoms with van der Waals surface area (Å²) in [7, 11) is 0. The topological polar surface area (TPSA) is 82.8 Å². The van der Waals surface area contributed by atoms with Crippen molar-refractivity contribution in [1.82, 2.24) is 0 Å². The molecular weight excluding hydrogens is 274 g/mol. The highest BCUT2D eigenvalue weighted by atomic mass is 16.5. The third-order valence-electron chi connectivity index (χ3n) is 3.26. The van der Waals surface area contributed by atoms with Gasteiger partial charge in [0.1, 0.15) is 24.5 Å². The van der Waals surface area contributed by atoms with E-state index in [0.29, 0.717) is 16.9 Å². The molecular formula is C18H13N3O. The number of nitrogen functional groups attached to an aromatic ring is 1. The number of aryl methyl sites for hydroxylation is 1. The number of hydrogen-bond acceptors (Lipinski definition) is 4. The van der Waals surface area contributed by atoms with Crippen LogP contribution in [-0.4, -0.2) is 6.61 Å². The van der Waals surface area contributed by atoms with Crippen molar-refractivity contribution in [3.8, 4) is 41.4 Å². The Labute approximate surface area is 129 Å². The van der Waals surface area contributed by atoms with E-state index in [1.807, 2.05) is 25.1 Å². The standard InChI is InChI=1S/C18H13N3O/c1-3-8-22-15-6-4-13(5-7-15)17-12(2)9-14(10-19)18(21)16(17)11-20/h1,4-7,9H,8,21H2,2H3. The zero-order chi connectivity index (χ0) is 16.1. The maximum atomic E-state index is 9.39. The largest absolute Gasteiger partial charge is 0.481 e. The van der Waals surface area contributed by atoms with Gasteiger partial charge in [-0.1, -0.05) is 18.1 Å². The third kappa shape index (κ3) is 2.70. The van der Waals surface area contributed by atoms with Crippen LogP contribution in [0.4, 0.5) is 5.69 Å². The summed E-state index contributed by atoms with van der Waals surface area (Å²) in [4.78, 5) is 0. The molecule has 0 saturated heterocycles. The molecule has 0 aliphatic heterocycles. The molecule has 106 valence electrons. The molecule has 0 spiro atoms. The average Bonchev–Trinajstić information content (AvgIpc) is 2.54. The minimum Gasteiger partial charge on any atom is -0.481 e. The Hall–Kier alpha value is -3.42. The summed E-state index contributed by atoms with van der Waals surface area (Å²) in [5.41, 5.74) is 9.12. The molecule has 0 bridgehead atoms. The van der Waals surface area contributed by atoms with Crippen molar-refractivity contribution < 1.29 is 4.74 Å². The summed E-state index contributed by atoms with van der Waals surface area (Å²) in [5.74, 6) is 3.05. The van der Waals surface area contributed by atoms with Crippen LogP contribution in [0.1, 0.15) is 16.7 Å². The fraction of sp³-hybridized carbons (Fsp3) is 0.111. The number of anilines is 1. The predicted octanol–water partition coefficient (Wildman–Crippen LogP) is 3.00. The third-order valence-corrected chi connectivity index (χ3v) is 3.26. The molecule has 2 aromatic carbocycles. The maximum Gasteiger partial charge on any atom is 0.148 e. The number of ether oxygens (including phenoxy) is 1. The first kappa shape index (κ1) is 15.0. The molecule has 22 heavy (non-hydrogen) atoms. The van der Waals surface area contributed by atoms with E-state index in [9.17, 15) is 5.26 Å². The second-order valence-corrected chi connectivity index (χ2v) is 4.65. The lowest BCUT2D eigenvalue weighted by Gasteiger charge is -2.12. The van der Waals surface area contributed by atoms with Gasteiger partial charge in [-0.3, -0.25) is 0 Å². The Balaban J connectivity index is 2.54. The molecule has 0 atom stereocenters. The van der Waals surface area contributed by atoms with Crippen LogP contribution in [-0.2, 0) is 0 Å². The minimum absolute atomic E-state index is 0.200. The van der Waals surface area contributed by atoms with Gasteiger partial charge in [0.15, 0.2) is 0 Å². The number of benzene rings is 2. The van der Waals surface area contributed by atoms with Crippen molar-refractivity contribution in [1.29, 1.82) is 10.5 Å². The van der Waals surface area contributed by atoms with Crippen LogP contribution in [0.5, 0.6) is 5.75 Å². The van der Waals surface area contributed by atoms with Crippen LogP contribution in [0.2, 0.25) is 0 Å². The van der Waals surface area contributed by atoms with Crippen LogP contribution in [0.3, 0.4) is 0 Å². The van der Waals surface area contributed by atoms with Crippen molar-refractivity contribution in [3.05, 3.63) is 47.0 Å². The van der Waals surface area contributed by atoms with Crippen molar-refractivity contribution >= 4 is 5.69 Å². The summed E-state index contributed by atoms with van der Waals surface area (Å²) in [5, 5.41) is 18.5. The van der Waals surface area contributed by atoms with Gasteiger partial charge >= 0.3 is 0 Å². The van der Waals surface area contributed by atoms with Crippen LogP contribution in [0.25, 0.3) is 11.1 Å². The van der Waals surface area contributed by atoms with Gasteiger partial charge in [0, 0.05) is 5.56 Å². The van der Waals surface area contributed by atoms with Gasteiger partial charge in [-0.15, -0.1) is 6.42 Å². The minimum atomic E-state index is 0.200. The second-order valence-electron chi connectivity index (χ2n) is 4.65. The van der Waals surface area contributed by atoms with Gasteiger partial charge in [0.2, 0.25) is 0 Å². The summed E-state index contributed by atoms with van der Waals surface area (Å²) >= 11 is 0. The lowest BCUT2D eigenvalue weighted by atomic mass is 9.92. The Kier molecular flexibility index (Phi) is 4.33. The van der Waals surface area contributed by atoms with Crippen LogP contribution in [0, 0.1) is 41.9 Å². The highest BCUT2D eigenvalue weighted by Crippen LogP contribution is 2.33. The number of hydrogen-bond donors (Lipinski definition) is 1. The van der Waals surface area contributed by atoms with E-state index in [4.69, 9.17) is 22.2 Å². The van der Waals surface area contributed by atoms with E-state index >= 15 is 0 Å². The first-order valence-electron chi connectivity index (χ1n) is 6.52. The molecule has 0 aliphatic rings. The summed E-state index contributed by atoms with van der Waals surface area (Å²) < 4.78 is 5.32. The zero-order valence-corrected chi connectivity index (χ0v) is 12.1. The lowest BCUT2D eigenvalue weighted by molar-refractivity contribution is 0.370. The number of terminal acetylenes is 1. The normalized spacial score (nSPS) is 9.36. The molecule has 0 fully saturated rings. The summed E-state index contributed by atoms with van der Waals surface area (Å²) in [6.07, 6.45) is 5.15. The SMILES string of the molecule is C#CCOc1ccc(-c2c(C)cc(C#N)c(N)c2C#N)cc1. The molecule has 0 unspecified atom stereocenters. The molecule has 2 aromatic rings. The number of nitriles is 2. The summed E-state index contributed by atoms with van der Waals surface area (Å²) in [6, 6.07) is 13.0. The maximum absolute atomic E-state index is 9.39. The molecule has 0 aromatic heterocycles. The monoisotopic (exact) mass is 287 g/mol. The van der Waals surface area contributed by atoms with Crippen molar-refractivity contribution in [2.24, 2.45) is 0 Å². The van der Waals surface area contributed by atoms with Gasteiger partial charge in [-0.25, -0.2) is 0 Å². The van der Waals surface area contributed by atoms with E-state index in [2.05, 4.69) is 12.0 Å². The quantitative estimate of drug-likeness (QED) is 0.695. The fourth-order valence-electron chi connectivity index (χ4n) is 2.26. The van der Waals surface area contributed by atoms with Crippen LogP contribution < -0.4 is 10.5 Å². The van der Waals surface area contributed by atoms with Crippen LogP contribution >= 0.6 is 0 Å². The number of nitrogens with two attached hydrogens (primary N) is 1. The second kappa shape index (κ2) is 6.35. The van der Waals surface area contributed by atoms with Crippen LogP contribution in [0.15, 0.2) is 30.3 Å². The number of rotatable bonds is 3. The Bertz CT molecular complexity index is 831. The Morgan fingerprint density at radius 1 is 1.18 bits per heavy atom. The molecule has 2 rings (SSSR count).